The van der Waals surface area contributed by atoms with Gasteiger partial charge >= 0.3 is 29.1 Å². The van der Waals surface area contributed by atoms with Crippen molar-refractivity contribution in [1.82, 2.24) is 9.97 Å². The molecule has 2 rings (SSSR count). The molecule has 0 saturated carbocycles. The number of hydrogen-bond donors (Lipinski definition) is 4. The summed E-state index contributed by atoms with van der Waals surface area (Å²) in [4.78, 5) is 45.7. The van der Waals surface area contributed by atoms with Crippen molar-refractivity contribution in [3.63, 3.8) is 0 Å². The van der Waals surface area contributed by atoms with Crippen LogP contribution in [0.25, 0.3) is 0 Å². The molecule has 14 nitrogen and oxygen atoms in total. The van der Waals surface area contributed by atoms with E-state index in [1.807, 2.05) is 0 Å². The zero-order valence-electron chi connectivity index (χ0n) is 12.3. The number of carbonyl (C=O) groups is 2. The Hall–Kier alpha value is -4.36. The smallest absolute Gasteiger partial charge is 0.384 e. The number of hydrogen-bond acceptors (Lipinski definition) is 10. The Labute approximate surface area is 141 Å². The van der Waals surface area contributed by atoms with Gasteiger partial charge in [-0.25, -0.2) is 14.6 Å². The van der Waals surface area contributed by atoms with Crippen molar-refractivity contribution in [1.29, 1.82) is 0 Å². The van der Waals surface area contributed by atoms with Crippen molar-refractivity contribution in [2.45, 2.75) is 0 Å². The molecule has 0 aliphatic carbocycles. The molecular formula is C12H8N4O10. The Kier molecular flexibility index (Phi) is 6.02. The van der Waals surface area contributed by atoms with E-state index in [2.05, 4.69) is 9.97 Å². The van der Waals surface area contributed by atoms with Gasteiger partial charge in [0.05, 0.1) is 4.92 Å². The Morgan fingerprint density at radius 3 is 1.96 bits per heavy atom. The number of carboxylic acids is 2. The number of aromatic carboxylic acids is 2. The highest BCUT2D eigenvalue weighted by Crippen LogP contribution is 2.27. The van der Waals surface area contributed by atoms with E-state index in [1.165, 1.54) is 0 Å². The van der Waals surface area contributed by atoms with Gasteiger partial charge in [0.15, 0.2) is 11.4 Å². The molecule has 2 aromatic heterocycles. The number of pyridine rings is 2. The van der Waals surface area contributed by atoms with Crippen molar-refractivity contribution in [2.75, 3.05) is 0 Å². The van der Waals surface area contributed by atoms with E-state index in [0.717, 1.165) is 24.4 Å². The Bertz CT molecular complexity index is 849. The van der Waals surface area contributed by atoms with Crippen molar-refractivity contribution in [3.05, 3.63) is 56.0 Å². The van der Waals surface area contributed by atoms with Crippen molar-refractivity contribution < 1.29 is 39.9 Å². The van der Waals surface area contributed by atoms with Gasteiger partial charge in [-0.15, -0.1) is 0 Å². The van der Waals surface area contributed by atoms with Gasteiger partial charge in [-0.2, -0.15) is 0 Å². The maximum atomic E-state index is 10.4. The van der Waals surface area contributed by atoms with Crippen LogP contribution in [0.15, 0.2) is 24.4 Å². The zero-order chi connectivity index (χ0) is 20.0. The van der Waals surface area contributed by atoms with Crippen LogP contribution in [0.4, 0.5) is 11.5 Å². The van der Waals surface area contributed by atoms with E-state index in [1.54, 1.807) is 0 Å². The summed E-state index contributed by atoms with van der Waals surface area (Å²) in [5.41, 5.74) is -2.13. The summed E-state index contributed by atoms with van der Waals surface area (Å²) in [7, 11) is 0. The van der Waals surface area contributed by atoms with Gasteiger partial charge in [-0.05, 0) is 16.0 Å². The average Bonchev–Trinajstić information content (AvgIpc) is 2.55. The molecule has 0 aliphatic rings. The molecule has 0 saturated heterocycles. The van der Waals surface area contributed by atoms with E-state index in [-0.39, 0.29) is 0 Å². The minimum absolute atomic E-state index is 0.599. The molecule has 0 fully saturated rings. The largest absolute Gasteiger partial charge is 0.504 e. The summed E-state index contributed by atoms with van der Waals surface area (Å²) in [6.07, 6.45) is 0.946. The van der Waals surface area contributed by atoms with Gasteiger partial charge in [-0.1, -0.05) is 0 Å². The highest BCUT2D eigenvalue weighted by atomic mass is 16.6. The first-order valence-corrected chi connectivity index (χ1v) is 6.19. The first-order chi connectivity index (χ1) is 12.1. The third kappa shape index (κ3) is 4.57. The highest BCUT2D eigenvalue weighted by Gasteiger charge is 2.22. The van der Waals surface area contributed by atoms with Gasteiger partial charge in [0.1, 0.15) is 0 Å². The van der Waals surface area contributed by atoms with Crippen LogP contribution < -0.4 is 0 Å². The molecule has 2 aromatic rings. The number of nitrogens with zero attached hydrogens (tertiary/aromatic N) is 4. The topological polar surface area (TPSA) is 227 Å². The summed E-state index contributed by atoms with van der Waals surface area (Å²) in [6, 6.07) is 2.75. The van der Waals surface area contributed by atoms with Crippen LogP contribution in [-0.4, -0.2) is 52.2 Å². The van der Waals surface area contributed by atoms with Crippen molar-refractivity contribution in [2.24, 2.45) is 0 Å². The Balaban J connectivity index is 0.000000260. The predicted molar refractivity (Wildman–Crippen MR) is 79.0 cm³/mol. The number of nitro groups is 2. The van der Waals surface area contributed by atoms with Crippen LogP contribution in [0.1, 0.15) is 21.0 Å². The molecule has 0 atom stereocenters. The normalized spacial score (nSPS) is 9.54. The third-order valence-corrected chi connectivity index (χ3v) is 2.55. The predicted octanol–water partition coefficient (Wildman–Crippen LogP) is 0.787. The fourth-order valence-corrected chi connectivity index (χ4v) is 1.45. The molecule has 4 N–H and O–H groups in total. The lowest BCUT2D eigenvalue weighted by molar-refractivity contribution is -0.389. The van der Waals surface area contributed by atoms with Gasteiger partial charge in [0, 0.05) is 18.3 Å². The lowest BCUT2D eigenvalue weighted by atomic mass is 10.3. The van der Waals surface area contributed by atoms with Crippen molar-refractivity contribution >= 4 is 23.4 Å². The summed E-state index contributed by atoms with van der Waals surface area (Å²) < 4.78 is 0. The first-order valence-electron chi connectivity index (χ1n) is 6.19. The maximum Gasteiger partial charge on any atom is 0.384 e. The fraction of sp³-hybridized carbons (Fsp3) is 0. The summed E-state index contributed by atoms with van der Waals surface area (Å²) >= 11 is 0. The van der Waals surface area contributed by atoms with Crippen LogP contribution in [0.3, 0.4) is 0 Å². The quantitative estimate of drug-likeness (QED) is 0.433. The van der Waals surface area contributed by atoms with Gasteiger partial charge in [0.2, 0.25) is 5.75 Å². The lowest BCUT2D eigenvalue weighted by Gasteiger charge is -1.97. The van der Waals surface area contributed by atoms with E-state index in [0.29, 0.717) is 0 Å². The Morgan fingerprint density at radius 2 is 1.50 bits per heavy atom. The standard InChI is InChI=1S/2C6H4N2O5/c9-5-3(8(12)13)1-2-7-4(5)6(10)11;9-3-1-2-4(8(12)13)7-5(3)6(10)11/h2*1-2,9H,(H,10,11). The van der Waals surface area contributed by atoms with E-state index >= 15 is 0 Å². The second-order valence-electron chi connectivity index (χ2n) is 4.19. The summed E-state index contributed by atoms with van der Waals surface area (Å²) in [5.74, 6) is -5.17. The number of carboxylic acid groups (broad SMARTS) is 2. The average molecular weight is 368 g/mol. The molecule has 0 aliphatic heterocycles. The molecule has 2 heterocycles. The Morgan fingerprint density at radius 1 is 0.923 bits per heavy atom. The van der Waals surface area contributed by atoms with Crippen LogP contribution >= 0.6 is 0 Å². The molecule has 0 bridgehead atoms. The van der Waals surface area contributed by atoms with E-state index in [4.69, 9.17) is 20.4 Å². The van der Waals surface area contributed by atoms with Crippen LogP contribution in [0.5, 0.6) is 11.5 Å². The molecule has 0 aromatic carbocycles. The monoisotopic (exact) mass is 368 g/mol. The molecule has 26 heavy (non-hydrogen) atoms. The van der Waals surface area contributed by atoms with E-state index in [9.17, 15) is 29.8 Å². The minimum atomic E-state index is -1.51. The molecule has 0 spiro atoms. The number of aromatic hydroxyl groups is 2. The number of rotatable bonds is 4. The second kappa shape index (κ2) is 7.95. The SMILES string of the molecule is O=C(O)c1nc([N+](=O)[O-])ccc1O.O=C(O)c1nccc([N+](=O)[O-])c1O. The summed E-state index contributed by atoms with van der Waals surface area (Å²) in [5, 5.41) is 55.2. The van der Waals surface area contributed by atoms with Gasteiger partial charge < -0.3 is 30.5 Å². The van der Waals surface area contributed by atoms with Crippen LogP contribution in [-0.2, 0) is 0 Å². The minimum Gasteiger partial charge on any atom is -0.504 e. The molecule has 0 unspecified atom stereocenters. The zero-order valence-corrected chi connectivity index (χ0v) is 12.3. The first kappa shape index (κ1) is 19.7. The maximum absolute atomic E-state index is 10.4. The van der Waals surface area contributed by atoms with Gasteiger partial charge in [-0.3, -0.25) is 10.1 Å². The van der Waals surface area contributed by atoms with Crippen LogP contribution in [0.2, 0.25) is 0 Å². The second-order valence-corrected chi connectivity index (χ2v) is 4.19. The molecule has 0 amide bonds. The molecule has 0 radical (unpaired) electrons. The third-order valence-electron chi connectivity index (χ3n) is 2.55. The van der Waals surface area contributed by atoms with Crippen molar-refractivity contribution in [3.8, 4) is 11.5 Å². The van der Waals surface area contributed by atoms with Crippen LogP contribution in [0, 0.1) is 20.2 Å². The highest BCUT2D eigenvalue weighted by molar-refractivity contribution is 5.90. The molecule has 136 valence electrons. The fourth-order valence-electron chi connectivity index (χ4n) is 1.45. The lowest BCUT2D eigenvalue weighted by Crippen LogP contribution is -2.03. The van der Waals surface area contributed by atoms with E-state index < -0.39 is 56.2 Å². The molecule has 14 heteroatoms. The summed E-state index contributed by atoms with van der Waals surface area (Å²) in [6.45, 7) is 0. The number of aromatic nitrogens is 2. The van der Waals surface area contributed by atoms with Gasteiger partial charge in [0.25, 0.3) is 0 Å². The molecular weight excluding hydrogens is 360 g/mol.